The normalized spacial score (nSPS) is 25.9. The zero-order valence-electron chi connectivity index (χ0n) is 7.00. The topological polar surface area (TPSA) is 124 Å². The molecule has 9 heteroatoms. The Labute approximate surface area is 82.8 Å². The Morgan fingerprint density at radius 3 is 2.64 bits per heavy atom. The van der Waals surface area contributed by atoms with Crippen molar-refractivity contribution in [2.24, 2.45) is 5.84 Å². The van der Waals surface area contributed by atoms with E-state index in [2.05, 4.69) is 5.43 Å². The first kappa shape index (κ1) is 10.9. The second-order valence-electron chi connectivity index (χ2n) is 2.75. The average molecular weight is 220 g/mol. The van der Waals surface area contributed by atoms with Crippen LogP contribution in [0.15, 0.2) is 11.1 Å². The van der Waals surface area contributed by atoms with Crippen molar-refractivity contribution >= 4 is 11.8 Å². The smallest absolute Gasteiger partial charge is 0.271 e. The van der Waals surface area contributed by atoms with Gasteiger partial charge in [0, 0.05) is 4.92 Å². The number of hydrogen-bond donors (Lipinski definition) is 2. The van der Waals surface area contributed by atoms with E-state index in [4.69, 9.17) is 5.84 Å². The van der Waals surface area contributed by atoms with E-state index in [0.717, 1.165) is 11.8 Å². The maximum Gasteiger partial charge on any atom is 0.294 e. The molecule has 78 valence electrons. The van der Waals surface area contributed by atoms with Gasteiger partial charge in [-0.2, -0.15) is 0 Å². The fourth-order valence-corrected chi connectivity index (χ4v) is 2.10. The lowest BCUT2D eigenvalue weighted by Crippen LogP contribution is -2.45. The van der Waals surface area contributed by atoms with Crippen LogP contribution in [0, 0.1) is 20.2 Å². The molecule has 0 saturated heterocycles. The average Bonchev–Trinajstić information content (AvgIpc) is 2.50. The molecule has 14 heavy (non-hydrogen) atoms. The molecule has 1 heterocycles. The molecule has 3 N–H and O–H groups in total. The molecule has 1 atom stereocenters. The van der Waals surface area contributed by atoms with Crippen molar-refractivity contribution in [2.75, 3.05) is 6.54 Å². The summed E-state index contributed by atoms with van der Waals surface area (Å²) in [6.45, 7) is -0.113. The monoisotopic (exact) mass is 220 g/mol. The lowest BCUT2D eigenvalue weighted by atomic mass is 10.2. The third-order valence-corrected chi connectivity index (χ3v) is 3.08. The van der Waals surface area contributed by atoms with Crippen molar-refractivity contribution in [3.8, 4) is 0 Å². The third-order valence-electron chi connectivity index (χ3n) is 1.82. The lowest BCUT2D eigenvalue weighted by Gasteiger charge is -2.16. The van der Waals surface area contributed by atoms with Gasteiger partial charge in [0.05, 0.1) is 16.9 Å². The van der Waals surface area contributed by atoms with E-state index in [1.165, 1.54) is 5.41 Å². The summed E-state index contributed by atoms with van der Waals surface area (Å²) in [6, 6.07) is 0. The van der Waals surface area contributed by atoms with Crippen LogP contribution in [-0.4, -0.2) is 21.3 Å². The Kier molecular flexibility index (Phi) is 3.03. The minimum absolute atomic E-state index is 0.113. The Bertz CT molecular complexity index is 306. The van der Waals surface area contributed by atoms with Crippen molar-refractivity contribution in [1.82, 2.24) is 5.43 Å². The van der Waals surface area contributed by atoms with Crippen LogP contribution < -0.4 is 11.3 Å². The van der Waals surface area contributed by atoms with Crippen LogP contribution in [0.2, 0.25) is 0 Å². The first-order valence-electron chi connectivity index (χ1n) is 3.61. The first-order valence-corrected chi connectivity index (χ1v) is 4.49. The van der Waals surface area contributed by atoms with E-state index in [1.807, 2.05) is 0 Å². The predicted molar refractivity (Wildman–Crippen MR) is 49.2 cm³/mol. The van der Waals surface area contributed by atoms with Gasteiger partial charge in [0.15, 0.2) is 0 Å². The van der Waals surface area contributed by atoms with Crippen molar-refractivity contribution in [3.05, 3.63) is 31.3 Å². The molecule has 8 nitrogen and oxygen atoms in total. The standard InChI is InChI=1S/C5H8N4O4S/c6-7-3-5(9(12)13)1-4(2-14-5)8(10)11/h2,7H,1,3,6H2. The summed E-state index contributed by atoms with van der Waals surface area (Å²) in [5, 5.41) is 22.3. The molecule has 1 unspecified atom stereocenters. The second-order valence-corrected chi connectivity index (χ2v) is 3.98. The Morgan fingerprint density at radius 1 is 1.64 bits per heavy atom. The van der Waals surface area contributed by atoms with E-state index in [-0.39, 0.29) is 18.7 Å². The predicted octanol–water partition coefficient (Wildman–Crippen LogP) is -0.322. The molecule has 0 saturated carbocycles. The molecule has 1 aliphatic rings. The maximum absolute atomic E-state index is 10.7. The molecule has 0 fully saturated rings. The molecule has 0 spiro atoms. The van der Waals surface area contributed by atoms with Gasteiger partial charge in [0.2, 0.25) is 0 Å². The van der Waals surface area contributed by atoms with E-state index < -0.39 is 14.7 Å². The van der Waals surface area contributed by atoms with Gasteiger partial charge >= 0.3 is 0 Å². The molecule has 1 aliphatic heterocycles. The molecule has 0 amide bonds. The van der Waals surface area contributed by atoms with E-state index >= 15 is 0 Å². The van der Waals surface area contributed by atoms with Crippen molar-refractivity contribution in [3.63, 3.8) is 0 Å². The number of hydrogen-bond acceptors (Lipinski definition) is 7. The number of thioether (sulfide) groups is 1. The number of nitro groups is 2. The van der Waals surface area contributed by atoms with Crippen LogP contribution in [0.4, 0.5) is 0 Å². The van der Waals surface area contributed by atoms with Gasteiger partial charge in [-0.15, -0.1) is 0 Å². The van der Waals surface area contributed by atoms with Crippen LogP contribution >= 0.6 is 11.8 Å². The molecular formula is C5H8N4O4S. The van der Waals surface area contributed by atoms with Gasteiger partial charge < -0.3 is 0 Å². The molecule has 0 aromatic heterocycles. The first-order chi connectivity index (χ1) is 6.52. The molecule has 0 aromatic carbocycles. The SMILES string of the molecule is NNCC1([N+](=O)[O-])CC([N+](=O)[O-])=CS1. The van der Waals surface area contributed by atoms with Crippen molar-refractivity contribution < 1.29 is 9.85 Å². The summed E-state index contributed by atoms with van der Waals surface area (Å²) in [5.41, 5.74) is 2.02. The molecule has 0 aliphatic carbocycles. The minimum Gasteiger partial charge on any atom is -0.271 e. The molecule has 1 rings (SSSR count). The van der Waals surface area contributed by atoms with Gasteiger partial charge in [0.1, 0.15) is 6.42 Å². The van der Waals surface area contributed by atoms with Crippen molar-refractivity contribution in [2.45, 2.75) is 11.3 Å². The molecular weight excluding hydrogens is 212 g/mol. The fraction of sp³-hybridized carbons (Fsp3) is 0.600. The summed E-state index contributed by atoms with van der Waals surface area (Å²) in [5.74, 6) is 4.99. The van der Waals surface area contributed by atoms with Gasteiger partial charge in [-0.25, -0.2) is 0 Å². The maximum atomic E-state index is 10.7. The molecule has 0 aromatic rings. The number of nitrogens with zero attached hydrogens (tertiary/aromatic N) is 2. The largest absolute Gasteiger partial charge is 0.294 e. The summed E-state index contributed by atoms with van der Waals surface area (Å²) in [6.07, 6.45) is -0.220. The van der Waals surface area contributed by atoms with Gasteiger partial charge in [-0.3, -0.25) is 31.5 Å². The van der Waals surface area contributed by atoms with E-state index in [1.54, 1.807) is 0 Å². The highest BCUT2D eigenvalue weighted by atomic mass is 32.2. The van der Waals surface area contributed by atoms with Crippen molar-refractivity contribution in [1.29, 1.82) is 0 Å². The minimum atomic E-state index is -1.43. The highest BCUT2D eigenvalue weighted by Gasteiger charge is 2.51. The number of nitrogens with one attached hydrogen (secondary N) is 1. The van der Waals surface area contributed by atoms with E-state index in [0.29, 0.717) is 0 Å². The van der Waals surface area contributed by atoms with Gasteiger partial charge in [0.25, 0.3) is 10.6 Å². The zero-order valence-corrected chi connectivity index (χ0v) is 7.82. The number of hydrazine groups is 1. The van der Waals surface area contributed by atoms with Gasteiger partial charge in [-0.1, -0.05) is 0 Å². The van der Waals surface area contributed by atoms with Crippen LogP contribution in [0.3, 0.4) is 0 Å². The Morgan fingerprint density at radius 2 is 2.29 bits per heavy atom. The quantitative estimate of drug-likeness (QED) is 0.377. The summed E-state index contributed by atoms with van der Waals surface area (Å²) in [4.78, 5) is 18.5. The third kappa shape index (κ3) is 1.84. The zero-order chi connectivity index (χ0) is 10.8. The Hall–Kier alpha value is -1.19. The lowest BCUT2D eigenvalue weighted by molar-refractivity contribution is -0.541. The number of nitrogens with two attached hydrogens (primary N) is 1. The molecule has 0 bridgehead atoms. The van der Waals surface area contributed by atoms with Crippen LogP contribution in [0.1, 0.15) is 6.42 Å². The second kappa shape index (κ2) is 3.90. The summed E-state index contributed by atoms with van der Waals surface area (Å²) < 4.78 is 0. The summed E-state index contributed by atoms with van der Waals surface area (Å²) >= 11 is 0.814. The van der Waals surface area contributed by atoms with Crippen LogP contribution in [-0.2, 0) is 0 Å². The number of rotatable bonds is 4. The molecule has 0 radical (unpaired) electrons. The highest BCUT2D eigenvalue weighted by Crippen LogP contribution is 2.40. The van der Waals surface area contributed by atoms with Gasteiger partial charge in [-0.05, 0) is 11.8 Å². The van der Waals surface area contributed by atoms with Crippen LogP contribution in [0.25, 0.3) is 0 Å². The Balaban J connectivity index is 2.79. The van der Waals surface area contributed by atoms with E-state index in [9.17, 15) is 20.2 Å². The summed E-state index contributed by atoms with van der Waals surface area (Å²) in [7, 11) is 0. The van der Waals surface area contributed by atoms with Crippen LogP contribution in [0.5, 0.6) is 0 Å². The highest BCUT2D eigenvalue weighted by molar-refractivity contribution is 8.03. The fourth-order valence-electron chi connectivity index (χ4n) is 1.09.